The molecule has 1 atom stereocenters. The molecule has 0 fully saturated rings. The Morgan fingerprint density at radius 1 is 1.18 bits per heavy atom. The van der Waals surface area contributed by atoms with Gasteiger partial charge in [0, 0.05) is 25.5 Å². The number of hydrogen-bond donors (Lipinski definition) is 1. The molecular formula is C14H26N2O. The van der Waals surface area contributed by atoms with Crippen molar-refractivity contribution in [2.75, 3.05) is 6.61 Å². The molecule has 0 spiro atoms. The van der Waals surface area contributed by atoms with Crippen LogP contribution in [0.25, 0.3) is 0 Å². The van der Waals surface area contributed by atoms with Crippen LogP contribution in [0, 0.1) is 5.92 Å². The SMILES string of the molecule is CCCCCC(CO)CCCCn1ccnc1. The molecule has 0 aromatic carbocycles. The van der Waals surface area contributed by atoms with Gasteiger partial charge in [-0.05, 0) is 25.2 Å². The van der Waals surface area contributed by atoms with Crippen LogP contribution in [0.3, 0.4) is 0 Å². The van der Waals surface area contributed by atoms with Crippen molar-refractivity contribution in [3.05, 3.63) is 18.7 Å². The Kier molecular flexibility index (Phi) is 7.72. The zero-order valence-electron chi connectivity index (χ0n) is 11.0. The second kappa shape index (κ2) is 9.23. The van der Waals surface area contributed by atoms with Crippen molar-refractivity contribution >= 4 is 0 Å². The van der Waals surface area contributed by atoms with Crippen LogP contribution >= 0.6 is 0 Å². The van der Waals surface area contributed by atoms with Crippen LogP contribution in [-0.4, -0.2) is 21.3 Å². The topological polar surface area (TPSA) is 38.0 Å². The predicted molar refractivity (Wildman–Crippen MR) is 70.8 cm³/mol. The van der Waals surface area contributed by atoms with Crippen LogP contribution in [0.4, 0.5) is 0 Å². The maximum absolute atomic E-state index is 9.29. The third-order valence-corrected chi connectivity index (χ3v) is 3.31. The van der Waals surface area contributed by atoms with Gasteiger partial charge in [0.15, 0.2) is 0 Å². The second-order valence-electron chi connectivity index (χ2n) is 4.84. The third-order valence-electron chi connectivity index (χ3n) is 3.31. The average Bonchev–Trinajstić information content (AvgIpc) is 2.85. The van der Waals surface area contributed by atoms with Crippen molar-refractivity contribution < 1.29 is 5.11 Å². The van der Waals surface area contributed by atoms with Crippen molar-refractivity contribution in [1.82, 2.24) is 9.55 Å². The highest BCUT2D eigenvalue weighted by Gasteiger charge is 2.06. The van der Waals surface area contributed by atoms with Crippen LogP contribution in [0.2, 0.25) is 0 Å². The first-order valence-electron chi connectivity index (χ1n) is 6.93. The minimum absolute atomic E-state index is 0.356. The molecule has 1 rings (SSSR count). The van der Waals surface area contributed by atoms with E-state index in [-0.39, 0.29) is 0 Å². The summed E-state index contributed by atoms with van der Waals surface area (Å²) in [6, 6.07) is 0. The quantitative estimate of drug-likeness (QED) is 0.635. The lowest BCUT2D eigenvalue weighted by Crippen LogP contribution is -2.06. The monoisotopic (exact) mass is 238 g/mol. The van der Waals surface area contributed by atoms with Gasteiger partial charge in [-0.1, -0.05) is 32.6 Å². The summed E-state index contributed by atoms with van der Waals surface area (Å²) in [5, 5.41) is 9.29. The number of aliphatic hydroxyl groups excluding tert-OH is 1. The van der Waals surface area contributed by atoms with Gasteiger partial charge in [-0.3, -0.25) is 0 Å². The lowest BCUT2D eigenvalue weighted by atomic mass is 9.96. The molecule has 1 aromatic rings. The molecule has 0 aliphatic carbocycles. The van der Waals surface area contributed by atoms with Crippen LogP contribution in [0.5, 0.6) is 0 Å². The van der Waals surface area contributed by atoms with Crippen molar-refractivity contribution in [3.8, 4) is 0 Å². The first-order chi connectivity index (χ1) is 8.36. The average molecular weight is 238 g/mol. The number of rotatable bonds is 10. The van der Waals surface area contributed by atoms with Gasteiger partial charge in [0.2, 0.25) is 0 Å². The Hall–Kier alpha value is -0.830. The summed E-state index contributed by atoms with van der Waals surface area (Å²) >= 11 is 0. The number of aromatic nitrogens is 2. The molecule has 98 valence electrons. The van der Waals surface area contributed by atoms with Gasteiger partial charge in [-0.15, -0.1) is 0 Å². The molecule has 0 bridgehead atoms. The third kappa shape index (κ3) is 6.47. The second-order valence-corrected chi connectivity index (χ2v) is 4.84. The molecule has 0 amide bonds. The van der Waals surface area contributed by atoms with Gasteiger partial charge in [0.25, 0.3) is 0 Å². The van der Waals surface area contributed by atoms with Gasteiger partial charge in [-0.25, -0.2) is 4.98 Å². The number of hydrogen-bond acceptors (Lipinski definition) is 2. The van der Waals surface area contributed by atoms with Crippen molar-refractivity contribution in [3.63, 3.8) is 0 Å². The maximum atomic E-state index is 9.29. The summed E-state index contributed by atoms with van der Waals surface area (Å²) in [7, 11) is 0. The van der Waals surface area contributed by atoms with E-state index in [9.17, 15) is 5.11 Å². The van der Waals surface area contributed by atoms with E-state index < -0.39 is 0 Å². The smallest absolute Gasteiger partial charge is 0.0945 e. The van der Waals surface area contributed by atoms with Crippen LogP contribution in [0.15, 0.2) is 18.7 Å². The number of aliphatic hydroxyl groups is 1. The van der Waals surface area contributed by atoms with E-state index in [0.29, 0.717) is 12.5 Å². The molecule has 0 saturated heterocycles. The fraction of sp³-hybridized carbons (Fsp3) is 0.786. The number of unbranched alkanes of at least 4 members (excludes halogenated alkanes) is 3. The standard InChI is InChI=1S/C14H26N2O/c1-2-3-4-7-14(12-17)8-5-6-10-16-11-9-15-13-16/h9,11,13-14,17H,2-8,10,12H2,1H3. The summed E-state index contributed by atoms with van der Waals surface area (Å²) in [4.78, 5) is 4.03. The summed E-state index contributed by atoms with van der Waals surface area (Å²) in [5.41, 5.74) is 0. The number of nitrogens with zero attached hydrogens (tertiary/aromatic N) is 2. The molecule has 3 heteroatoms. The lowest BCUT2D eigenvalue weighted by molar-refractivity contribution is 0.204. The normalized spacial score (nSPS) is 12.8. The molecule has 17 heavy (non-hydrogen) atoms. The summed E-state index contributed by atoms with van der Waals surface area (Å²) < 4.78 is 2.12. The Morgan fingerprint density at radius 3 is 2.53 bits per heavy atom. The van der Waals surface area contributed by atoms with Gasteiger partial charge < -0.3 is 9.67 Å². The Labute approximate surface area is 105 Å². The molecule has 0 radical (unpaired) electrons. The lowest BCUT2D eigenvalue weighted by Gasteiger charge is -2.13. The maximum Gasteiger partial charge on any atom is 0.0945 e. The molecule has 0 aliphatic heterocycles. The number of aryl methyl sites for hydroxylation is 1. The van der Waals surface area contributed by atoms with Crippen molar-refractivity contribution in [2.45, 2.75) is 58.4 Å². The first kappa shape index (κ1) is 14.2. The highest BCUT2D eigenvalue weighted by atomic mass is 16.3. The van der Waals surface area contributed by atoms with Gasteiger partial charge >= 0.3 is 0 Å². The summed E-state index contributed by atoms with van der Waals surface area (Å²) in [6.45, 7) is 3.63. The fourth-order valence-corrected chi connectivity index (χ4v) is 2.16. The molecule has 1 aromatic heterocycles. The van der Waals surface area contributed by atoms with Crippen molar-refractivity contribution in [2.24, 2.45) is 5.92 Å². The summed E-state index contributed by atoms with van der Waals surface area (Å²) in [6.07, 6.45) is 14.3. The fourth-order valence-electron chi connectivity index (χ4n) is 2.16. The number of imidazole rings is 1. The van der Waals surface area contributed by atoms with Gasteiger partial charge in [-0.2, -0.15) is 0 Å². The Morgan fingerprint density at radius 2 is 1.94 bits per heavy atom. The Bertz CT molecular complexity index is 259. The van der Waals surface area contributed by atoms with Gasteiger partial charge in [0.05, 0.1) is 6.33 Å². The van der Waals surface area contributed by atoms with E-state index in [4.69, 9.17) is 0 Å². The van der Waals surface area contributed by atoms with Crippen molar-refractivity contribution in [1.29, 1.82) is 0 Å². The predicted octanol–water partition coefficient (Wildman–Crippen LogP) is 3.24. The van der Waals surface area contributed by atoms with E-state index in [1.807, 2.05) is 18.7 Å². The minimum Gasteiger partial charge on any atom is -0.396 e. The van der Waals surface area contributed by atoms with Crippen LogP contribution < -0.4 is 0 Å². The van der Waals surface area contributed by atoms with E-state index in [0.717, 1.165) is 13.0 Å². The minimum atomic E-state index is 0.356. The molecule has 3 nitrogen and oxygen atoms in total. The highest BCUT2D eigenvalue weighted by molar-refractivity contribution is 4.73. The largest absolute Gasteiger partial charge is 0.396 e. The molecule has 0 saturated carbocycles. The van der Waals surface area contributed by atoms with E-state index in [2.05, 4.69) is 16.5 Å². The zero-order chi connectivity index (χ0) is 12.3. The summed E-state index contributed by atoms with van der Waals surface area (Å²) in [5.74, 6) is 0.518. The molecule has 1 heterocycles. The van der Waals surface area contributed by atoms with E-state index >= 15 is 0 Å². The Balaban J connectivity index is 2.02. The van der Waals surface area contributed by atoms with E-state index in [1.54, 1.807) is 0 Å². The van der Waals surface area contributed by atoms with Crippen LogP contribution in [0.1, 0.15) is 51.9 Å². The van der Waals surface area contributed by atoms with Gasteiger partial charge in [0.1, 0.15) is 0 Å². The first-order valence-corrected chi connectivity index (χ1v) is 6.93. The van der Waals surface area contributed by atoms with E-state index in [1.165, 1.54) is 38.5 Å². The molecule has 1 unspecified atom stereocenters. The molecular weight excluding hydrogens is 212 g/mol. The molecule has 0 aliphatic rings. The zero-order valence-corrected chi connectivity index (χ0v) is 11.0. The highest BCUT2D eigenvalue weighted by Crippen LogP contribution is 2.16. The molecule has 1 N–H and O–H groups in total. The van der Waals surface area contributed by atoms with Crippen LogP contribution in [-0.2, 0) is 6.54 Å².